The van der Waals surface area contributed by atoms with Crippen molar-refractivity contribution in [2.75, 3.05) is 32.6 Å². The molecule has 10 heteroatoms. The monoisotopic (exact) mass is 556 g/mol. The molecule has 0 bridgehead atoms. The molecule has 0 fully saturated rings. The van der Waals surface area contributed by atoms with E-state index < -0.39 is 5.91 Å². The molecule has 9 nitrogen and oxygen atoms in total. The number of nitriles is 1. The smallest absolute Gasteiger partial charge is 0.249 e. The number of primary amides is 1. The van der Waals surface area contributed by atoms with Crippen LogP contribution < -0.4 is 20.5 Å². The number of fused-ring (bicyclic) bond motifs is 1. The van der Waals surface area contributed by atoms with E-state index in [9.17, 15) is 10.1 Å². The SMILES string of the molecule is CCOc1cc2ncc(C#N)c(Nc3ccc(OCc4ccccn4)c(Cl)c3)c2cc1/C(=C\CN(C)C)C(N)=O. The van der Waals surface area contributed by atoms with Gasteiger partial charge in [0, 0.05) is 47.2 Å². The van der Waals surface area contributed by atoms with E-state index in [0.29, 0.717) is 68.7 Å². The first-order valence-corrected chi connectivity index (χ1v) is 12.9. The molecule has 0 radical (unpaired) electrons. The molecule has 2 aromatic heterocycles. The number of aromatic nitrogens is 2. The third-order valence-electron chi connectivity index (χ3n) is 5.91. The van der Waals surface area contributed by atoms with E-state index in [1.165, 1.54) is 6.20 Å². The highest BCUT2D eigenvalue weighted by atomic mass is 35.5. The number of nitrogens with two attached hydrogens (primary N) is 1. The quantitative estimate of drug-likeness (QED) is 0.238. The highest BCUT2D eigenvalue weighted by molar-refractivity contribution is 6.32. The Bertz CT molecular complexity index is 1600. The van der Waals surface area contributed by atoms with Crippen LogP contribution >= 0.6 is 11.6 Å². The number of nitrogens with zero attached hydrogens (tertiary/aromatic N) is 4. The van der Waals surface area contributed by atoms with Crippen molar-refractivity contribution in [3.8, 4) is 17.6 Å². The van der Waals surface area contributed by atoms with Crippen LogP contribution in [0.2, 0.25) is 5.02 Å². The predicted molar refractivity (Wildman–Crippen MR) is 157 cm³/mol. The van der Waals surface area contributed by atoms with Gasteiger partial charge in [-0.25, -0.2) is 0 Å². The maximum Gasteiger partial charge on any atom is 0.249 e. The molecule has 0 aliphatic heterocycles. The Labute approximate surface area is 237 Å². The van der Waals surface area contributed by atoms with Gasteiger partial charge in [-0.1, -0.05) is 23.7 Å². The molecule has 0 saturated heterocycles. The third kappa shape index (κ3) is 6.67. The maximum absolute atomic E-state index is 12.5. The number of halogens is 1. The molecule has 0 spiro atoms. The van der Waals surface area contributed by atoms with Gasteiger partial charge in [0.15, 0.2) is 0 Å². The number of ether oxygens (including phenoxy) is 2. The molecule has 4 aromatic rings. The highest BCUT2D eigenvalue weighted by Gasteiger charge is 2.19. The number of amides is 1. The predicted octanol–water partition coefficient (Wildman–Crippen LogP) is 5.31. The zero-order valence-corrected chi connectivity index (χ0v) is 23.2. The number of likely N-dealkylation sites (N-methyl/N-ethyl adjacent to an activating group) is 1. The van der Waals surface area contributed by atoms with Crippen molar-refractivity contribution in [2.45, 2.75) is 13.5 Å². The molecule has 2 heterocycles. The average molecular weight is 557 g/mol. The summed E-state index contributed by atoms with van der Waals surface area (Å²) >= 11 is 6.53. The molecule has 0 saturated carbocycles. The second-order valence-electron chi connectivity index (χ2n) is 9.08. The van der Waals surface area contributed by atoms with E-state index in [1.807, 2.05) is 44.1 Å². The Kier molecular flexibility index (Phi) is 9.17. The Balaban J connectivity index is 1.75. The first-order chi connectivity index (χ1) is 19.3. The Morgan fingerprint density at radius 1 is 1.15 bits per heavy atom. The van der Waals surface area contributed by atoms with Crippen molar-refractivity contribution in [1.82, 2.24) is 14.9 Å². The van der Waals surface area contributed by atoms with E-state index >= 15 is 0 Å². The summed E-state index contributed by atoms with van der Waals surface area (Å²) in [6.07, 6.45) is 4.94. The van der Waals surface area contributed by atoms with Crippen LogP contribution in [0.25, 0.3) is 16.5 Å². The zero-order chi connectivity index (χ0) is 28.6. The number of benzene rings is 2. The van der Waals surface area contributed by atoms with Crippen molar-refractivity contribution < 1.29 is 14.3 Å². The lowest BCUT2D eigenvalue weighted by Gasteiger charge is -2.17. The molecular formula is C30H29ClN6O3. The number of hydrogen-bond acceptors (Lipinski definition) is 8. The number of pyridine rings is 2. The fourth-order valence-electron chi connectivity index (χ4n) is 4.02. The molecule has 3 N–H and O–H groups in total. The first kappa shape index (κ1) is 28.4. The van der Waals surface area contributed by atoms with Crippen LogP contribution in [0.4, 0.5) is 11.4 Å². The van der Waals surface area contributed by atoms with Gasteiger partial charge < -0.3 is 25.4 Å². The molecule has 0 atom stereocenters. The average Bonchev–Trinajstić information content (AvgIpc) is 2.93. The van der Waals surface area contributed by atoms with Crippen LogP contribution in [0.5, 0.6) is 11.5 Å². The highest BCUT2D eigenvalue weighted by Crippen LogP contribution is 2.37. The number of rotatable bonds is 11. The van der Waals surface area contributed by atoms with E-state index in [2.05, 4.69) is 21.4 Å². The minimum atomic E-state index is -0.589. The number of carbonyl (C=O) groups is 1. The maximum atomic E-state index is 12.5. The fraction of sp³-hybridized carbons (Fsp3) is 0.200. The van der Waals surface area contributed by atoms with E-state index in [4.69, 9.17) is 26.8 Å². The summed E-state index contributed by atoms with van der Waals surface area (Å²) in [4.78, 5) is 23.1. The van der Waals surface area contributed by atoms with Crippen LogP contribution in [0, 0.1) is 11.3 Å². The largest absolute Gasteiger partial charge is 0.493 e. The number of hydrogen-bond donors (Lipinski definition) is 2. The standard InChI is InChI=1S/C30H29ClN6O3/c1-4-39-28-15-26-24(14-23(28)22(30(33)38)10-12-37(2)3)29(19(16-32)17-35-26)36-20-8-9-27(25(31)13-20)40-18-21-7-5-6-11-34-21/h5-11,13-15,17H,4,12,18H2,1-3H3,(H2,33,38)(H,35,36)/b22-10+. The first-order valence-electron chi connectivity index (χ1n) is 12.5. The van der Waals surface area contributed by atoms with E-state index in [-0.39, 0.29) is 6.61 Å². The lowest BCUT2D eigenvalue weighted by molar-refractivity contribution is -0.112. The molecule has 0 unspecified atom stereocenters. The Morgan fingerprint density at radius 3 is 2.62 bits per heavy atom. The van der Waals surface area contributed by atoms with Crippen LogP contribution in [0.15, 0.2) is 67.0 Å². The Hall–Kier alpha value is -4.65. The molecule has 204 valence electrons. The number of carbonyl (C=O) groups excluding carboxylic acids is 1. The minimum Gasteiger partial charge on any atom is -0.493 e. The van der Waals surface area contributed by atoms with Gasteiger partial charge in [-0.2, -0.15) is 5.26 Å². The van der Waals surface area contributed by atoms with Gasteiger partial charge in [0.05, 0.1) is 34.1 Å². The summed E-state index contributed by atoms with van der Waals surface area (Å²) in [5.41, 5.74) is 9.41. The van der Waals surface area contributed by atoms with Gasteiger partial charge in [-0.15, -0.1) is 0 Å². The molecule has 40 heavy (non-hydrogen) atoms. The summed E-state index contributed by atoms with van der Waals surface area (Å²) in [7, 11) is 3.79. The van der Waals surface area contributed by atoms with Crippen LogP contribution in [-0.2, 0) is 11.4 Å². The summed E-state index contributed by atoms with van der Waals surface area (Å²) in [5, 5.41) is 14.2. The second kappa shape index (κ2) is 12.9. The molecule has 2 aromatic carbocycles. The normalized spacial score (nSPS) is 11.3. The molecule has 0 aliphatic rings. The summed E-state index contributed by atoms with van der Waals surface area (Å²) in [5.74, 6) is 0.382. The van der Waals surface area contributed by atoms with Gasteiger partial charge in [0.2, 0.25) is 5.91 Å². The number of nitrogens with one attached hydrogen (secondary N) is 1. The van der Waals surface area contributed by atoms with E-state index in [0.717, 1.165) is 5.69 Å². The van der Waals surface area contributed by atoms with Gasteiger partial charge >= 0.3 is 0 Å². The summed E-state index contributed by atoms with van der Waals surface area (Å²) in [6.45, 7) is 3.01. The lowest BCUT2D eigenvalue weighted by atomic mass is 9.99. The topological polar surface area (TPSA) is 126 Å². The zero-order valence-electron chi connectivity index (χ0n) is 22.4. The van der Waals surface area contributed by atoms with Crippen LogP contribution in [-0.4, -0.2) is 48.0 Å². The fourth-order valence-corrected chi connectivity index (χ4v) is 4.25. The third-order valence-corrected chi connectivity index (χ3v) is 6.20. The second-order valence-corrected chi connectivity index (χ2v) is 9.49. The molecule has 4 rings (SSSR count). The van der Waals surface area contributed by atoms with Crippen molar-refractivity contribution in [1.29, 1.82) is 5.26 Å². The van der Waals surface area contributed by atoms with Gasteiger partial charge in [0.25, 0.3) is 0 Å². The van der Waals surface area contributed by atoms with Gasteiger partial charge in [-0.05, 0) is 57.4 Å². The van der Waals surface area contributed by atoms with Crippen molar-refractivity contribution in [3.63, 3.8) is 0 Å². The Morgan fingerprint density at radius 2 is 1.98 bits per heavy atom. The lowest BCUT2D eigenvalue weighted by Crippen LogP contribution is -2.17. The summed E-state index contributed by atoms with van der Waals surface area (Å²) < 4.78 is 11.7. The van der Waals surface area contributed by atoms with Crippen LogP contribution in [0.1, 0.15) is 23.7 Å². The van der Waals surface area contributed by atoms with Gasteiger partial charge in [0.1, 0.15) is 24.2 Å². The number of anilines is 2. The molecule has 1 amide bonds. The molecular weight excluding hydrogens is 528 g/mol. The van der Waals surface area contributed by atoms with Crippen molar-refractivity contribution in [2.24, 2.45) is 5.73 Å². The van der Waals surface area contributed by atoms with Crippen molar-refractivity contribution in [3.05, 3.63) is 88.8 Å². The van der Waals surface area contributed by atoms with Crippen LogP contribution in [0.3, 0.4) is 0 Å². The summed E-state index contributed by atoms with van der Waals surface area (Å²) in [6, 6.07) is 16.6. The minimum absolute atomic E-state index is 0.273. The molecule has 0 aliphatic carbocycles. The van der Waals surface area contributed by atoms with E-state index in [1.54, 1.807) is 42.6 Å². The van der Waals surface area contributed by atoms with Gasteiger partial charge in [-0.3, -0.25) is 14.8 Å². The van der Waals surface area contributed by atoms with Crippen molar-refractivity contribution >= 4 is 45.4 Å².